The predicted molar refractivity (Wildman–Crippen MR) is 138 cm³/mol. The number of guanidine groups is 1. The zero-order valence-corrected chi connectivity index (χ0v) is 21.1. The van der Waals surface area contributed by atoms with Crippen molar-refractivity contribution >= 4 is 41.7 Å². The summed E-state index contributed by atoms with van der Waals surface area (Å²) in [6, 6.07) is 13.6. The van der Waals surface area contributed by atoms with Gasteiger partial charge in [0.05, 0.1) is 14.2 Å². The number of hydrogen-bond acceptors (Lipinski definition) is 4. The molecule has 2 amide bonds. The third kappa shape index (κ3) is 7.18. The molecule has 0 aromatic heterocycles. The van der Waals surface area contributed by atoms with Crippen LogP contribution < -0.4 is 25.4 Å². The van der Waals surface area contributed by atoms with Gasteiger partial charge in [0.1, 0.15) is 0 Å². The van der Waals surface area contributed by atoms with Crippen LogP contribution in [0.25, 0.3) is 0 Å². The zero-order valence-electron chi connectivity index (χ0n) is 18.8. The smallest absolute Gasteiger partial charge is 0.321 e. The molecule has 3 rings (SSSR count). The summed E-state index contributed by atoms with van der Waals surface area (Å²) < 4.78 is 10.6. The number of nitrogens with zero attached hydrogens (tertiary/aromatic N) is 2. The van der Waals surface area contributed by atoms with E-state index in [0.717, 1.165) is 42.7 Å². The van der Waals surface area contributed by atoms with Crippen molar-refractivity contribution in [3.05, 3.63) is 53.6 Å². The standard InChI is InChI=1S/C23H31N5O3.HI/c1-24-22(26-16-18-9-10-20(30-2)21(14-18)31-3)25-15-17-7-6-8-19(13-17)27-23(29)28-11-4-5-12-28;/h6-10,13-14H,4-5,11-12,15-16H2,1-3H3,(H,27,29)(H2,24,25,26);1H. The Kier molecular flexibility index (Phi) is 10.4. The second-order valence-electron chi connectivity index (χ2n) is 7.29. The normalized spacial score (nSPS) is 13.2. The molecule has 0 aliphatic carbocycles. The number of carbonyl (C=O) groups excluding carboxylic acids is 1. The van der Waals surface area contributed by atoms with Gasteiger partial charge in [0, 0.05) is 38.9 Å². The largest absolute Gasteiger partial charge is 0.493 e. The van der Waals surface area contributed by atoms with E-state index in [2.05, 4.69) is 20.9 Å². The van der Waals surface area contributed by atoms with Gasteiger partial charge >= 0.3 is 6.03 Å². The second-order valence-corrected chi connectivity index (χ2v) is 7.29. The average molecular weight is 553 g/mol. The first-order chi connectivity index (χ1) is 15.1. The predicted octanol–water partition coefficient (Wildman–Crippen LogP) is 3.81. The van der Waals surface area contributed by atoms with E-state index in [4.69, 9.17) is 9.47 Å². The maximum absolute atomic E-state index is 12.3. The summed E-state index contributed by atoms with van der Waals surface area (Å²) in [5, 5.41) is 9.58. The quantitative estimate of drug-likeness (QED) is 0.276. The van der Waals surface area contributed by atoms with Gasteiger partial charge in [0.25, 0.3) is 0 Å². The van der Waals surface area contributed by atoms with E-state index in [0.29, 0.717) is 30.5 Å². The molecule has 9 heteroatoms. The number of ether oxygens (including phenoxy) is 2. The molecule has 1 fully saturated rings. The molecule has 32 heavy (non-hydrogen) atoms. The highest BCUT2D eigenvalue weighted by atomic mass is 127. The minimum atomic E-state index is -0.0324. The Morgan fingerprint density at radius 3 is 2.25 bits per heavy atom. The van der Waals surface area contributed by atoms with Gasteiger partial charge in [-0.1, -0.05) is 18.2 Å². The first kappa shape index (κ1) is 25.6. The summed E-state index contributed by atoms with van der Waals surface area (Å²) in [5.74, 6) is 2.07. The van der Waals surface area contributed by atoms with E-state index in [-0.39, 0.29) is 30.0 Å². The molecule has 1 saturated heterocycles. The number of urea groups is 1. The van der Waals surface area contributed by atoms with Gasteiger partial charge in [-0.3, -0.25) is 4.99 Å². The summed E-state index contributed by atoms with van der Waals surface area (Å²) in [4.78, 5) is 18.4. The highest BCUT2D eigenvalue weighted by Crippen LogP contribution is 2.27. The molecule has 1 aliphatic heterocycles. The monoisotopic (exact) mass is 553 g/mol. The van der Waals surface area contributed by atoms with Crippen molar-refractivity contribution in [2.75, 3.05) is 39.7 Å². The Bertz CT molecular complexity index is 916. The van der Waals surface area contributed by atoms with Crippen molar-refractivity contribution in [3.63, 3.8) is 0 Å². The van der Waals surface area contributed by atoms with E-state index < -0.39 is 0 Å². The molecule has 174 valence electrons. The van der Waals surface area contributed by atoms with Crippen molar-refractivity contribution < 1.29 is 14.3 Å². The average Bonchev–Trinajstić information content (AvgIpc) is 3.34. The number of hydrogen-bond donors (Lipinski definition) is 3. The summed E-state index contributed by atoms with van der Waals surface area (Å²) in [5.41, 5.74) is 2.89. The number of benzene rings is 2. The van der Waals surface area contributed by atoms with Gasteiger partial charge in [-0.15, -0.1) is 24.0 Å². The first-order valence-electron chi connectivity index (χ1n) is 10.4. The number of anilines is 1. The van der Waals surface area contributed by atoms with Gasteiger partial charge in [-0.05, 0) is 48.2 Å². The molecular formula is C23H32IN5O3. The van der Waals surface area contributed by atoms with Gasteiger partial charge < -0.3 is 30.3 Å². The fourth-order valence-corrected chi connectivity index (χ4v) is 3.46. The van der Waals surface area contributed by atoms with Gasteiger partial charge in [-0.25, -0.2) is 4.79 Å². The van der Waals surface area contributed by atoms with Crippen molar-refractivity contribution in [1.29, 1.82) is 0 Å². The van der Waals surface area contributed by atoms with Gasteiger partial charge in [0.15, 0.2) is 17.5 Å². The van der Waals surface area contributed by atoms with Crippen LogP contribution in [0.1, 0.15) is 24.0 Å². The van der Waals surface area contributed by atoms with Crippen molar-refractivity contribution in [1.82, 2.24) is 15.5 Å². The van der Waals surface area contributed by atoms with E-state index in [9.17, 15) is 4.79 Å². The molecule has 2 aromatic rings. The topological polar surface area (TPSA) is 87.2 Å². The van der Waals surface area contributed by atoms with Crippen LogP contribution in [0, 0.1) is 0 Å². The molecule has 3 N–H and O–H groups in total. The number of rotatable bonds is 7. The van der Waals surface area contributed by atoms with Crippen LogP contribution in [0.2, 0.25) is 0 Å². The SMILES string of the molecule is CN=C(NCc1cccc(NC(=O)N2CCCC2)c1)NCc1ccc(OC)c(OC)c1.I. The van der Waals surface area contributed by atoms with Crippen LogP contribution in [0.15, 0.2) is 47.5 Å². The minimum absolute atomic E-state index is 0. The summed E-state index contributed by atoms with van der Waals surface area (Å²) in [6.07, 6.45) is 2.15. The molecule has 2 aromatic carbocycles. The fourth-order valence-electron chi connectivity index (χ4n) is 3.46. The van der Waals surface area contributed by atoms with Crippen LogP contribution in [-0.2, 0) is 13.1 Å². The van der Waals surface area contributed by atoms with Crippen molar-refractivity contribution in [2.24, 2.45) is 4.99 Å². The molecule has 1 heterocycles. The molecule has 0 atom stereocenters. The third-order valence-electron chi connectivity index (χ3n) is 5.16. The van der Waals surface area contributed by atoms with Crippen LogP contribution in [0.3, 0.4) is 0 Å². The lowest BCUT2D eigenvalue weighted by molar-refractivity contribution is 0.222. The number of nitrogens with one attached hydrogen (secondary N) is 3. The summed E-state index contributed by atoms with van der Waals surface area (Å²) in [6.45, 7) is 2.83. The zero-order chi connectivity index (χ0) is 22.1. The Labute approximate surface area is 206 Å². The number of likely N-dealkylation sites (tertiary alicyclic amines) is 1. The van der Waals surface area contributed by atoms with Crippen LogP contribution >= 0.6 is 24.0 Å². The number of amides is 2. The lowest BCUT2D eigenvalue weighted by atomic mass is 10.2. The van der Waals surface area contributed by atoms with E-state index in [1.54, 1.807) is 21.3 Å². The van der Waals surface area contributed by atoms with Crippen molar-refractivity contribution in [3.8, 4) is 11.5 Å². The second kappa shape index (κ2) is 13.0. The molecule has 0 radical (unpaired) electrons. The van der Waals surface area contributed by atoms with E-state index in [1.807, 2.05) is 47.4 Å². The molecule has 1 aliphatic rings. The number of carbonyl (C=O) groups is 1. The highest BCUT2D eigenvalue weighted by molar-refractivity contribution is 14.0. The minimum Gasteiger partial charge on any atom is -0.493 e. The lowest BCUT2D eigenvalue weighted by Gasteiger charge is -2.17. The maximum Gasteiger partial charge on any atom is 0.321 e. The van der Waals surface area contributed by atoms with E-state index >= 15 is 0 Å². The third-order valence-corrected chi connectivity index (χ3v) is 5.16. The van der Waals surface area contributed by atoms with Crippen LogP contribution in [0.5, 0.6) is 11.5 Å². The number of halogens is 1. The van der Waals surface area contributed by atoms with Crippen LogP contribution in [0.4, 0.5) is 10.5 Å². The Hall–Kier alpha value is -2.69. The molecule has 0 saturated carbocycles. The van der Waals surface area contributed by atoms with E-state index in [1.165, 1.54) is 0 Å². The number of aliphatic imine (C=N–C) groups is 1. The highest BCUT2D eigenvalue weighted by Gasteiger charge is 2.17. The molecule has 0 unspecified atom stereocenters. The first-order valence-corrected chi connectivity index (χ1v) is 10.4. The summed E-state index contributed by atoms with van der Waals surface area (Å²) >= 11 is 0. The van der Waals surface area contributed by atoms with Crippen LogP contribution in [-0.4, -0.2) is 51.2 Å². The molecule has 0 bridgehead atoms. The molecule has 8 nitrogen and oxygen atoms in total. The Morgan fingerprint density at radius 2 is 1.62 bits per heavy atom. The molecule has 0 spiro atoms. The lowest BCUT2D eigenvalue weighted by Crippen LogP contribution is -2.36. The van der Waals surface area contributed by atoms with Gasteiger partial charge in [0.2, 0.25) is 0 Å². The Morgan fingerprint density at radius 1 is 0.969 bits per heavy atom. The summed E-state index contributed by atoms with van der Waals surface area (Å²) in [7, 11) is 4.97. The molecular weight excluding hydrogens is 521 g/mol. The van der Waals surface area contributed by atoms with Gasteiger partial charge in [-0.2, -0.15) is 0 Å². The Balaban J connectivity index is 0.00000363. The maximum atomic E-state index is 12.3. The number of methoxy groups -OCH3 is 2. The van der Waals surface area contributed by atoms with Crippen molar-refractivity contribution in [2.45, 2.75) is 25.9 Å². The fraction of sp³-hybridized carbons (Fsp3) is 0.391.